The fraction of sp³-hybridized carbons (Fsp3) is 1.00. The lowest BCUT2D eigenvalue weighted by atomic mass is 10.0. The molecule has 2 unspecified atom stereocenters. The molecular weight excluding hydrogens is 178 g/mol. The quantitative estimate of drug-likeness (QED) is 0.322. The lowest BCUT2D eigenvalue weighted by Gasteiger charge is -2.22. The molecule has 1 saturated heterocycles. The molecule has 78 valence electrons. The van der Waals surface area contributed by atoms with Gasteiger partial charge in [-0.1, -0.05) is 0 Å². The average Bonchev–Trinajstić information content (AvgIpc) is 2.28. The first-order chi connectivity index (χ1) is 5.90. The summed E-state index contributed by atoms with van der Waals surface area (Å²) in [4.78, 5) is 0. The van der Waals surface area contributed by atoms with Crippen LogP contribution in [0.2, 0.25) is 0 Å². The zero-order valence-corrected chi connectivity index (χ0v) is 7.29. The standard InChI is InChI=1S/C7H15NO5/c1-7(8)6(12)4(11)5(13-7)3(10)2-9/h3-6,9-12H,2,8H2,1H3/t3-,4+,5-,6?,7?/m1/s1. The molecule has 5 atom stereocenters. The van der Waals surface area contributed by atoms with Crippen molar-refractivity contribution in [3.63, 3.8) is 0 Å². The van der Waals surface area contributed by atoms with Crippen LogP contribution in [0.1, 0.15) is 6.92 Å². The minimum absolute atomic E-state index is 0.551. The third-order valence-electron chi connectivity index (χ3n) is 2.20. The molecule has 0 spiro atoms. The summed E-state index contributed by atoms with van der Waals surface area (Å²) >= 11 is 0. The van der Waals surface area contributed by atoms with Gasteiger partial charge in [-0.2, -0.15) is 0 Å². The van der Waals surface area contributed by atoms with Crippen molar-refractivity contribution >= 4 is 0 Å². The molecular formula is C7H15NO5. The summed E-state index contributed by atoms with van der Waals surface area (Å²) in [6, 6.07) is 0. The van der Waals surface area contributed by atoms with Gasteiger partial charge in [-0.15, -0.1) is 0 Å². The smallest absolute Gasteiger partial charge is 0.143 e. The van der Waals surface area contributed by atoms with E-state index in [4.69, 9.17) is 15.6 Å². The van der Waals surface area contributed by atoms with Gasteiger partial charge in [0.1, 0.15) is 30.1 Å². The van der Waals surface area contributed by atoms with Gasteiger partial charge in [0.15, 0.2) is 0 Å². The van der Waals surface area contributed by atoms with Gasteiger partial charge >= 0.3 is 0 Å². The largest absolute Gasteiger partial charge is 0.394 e. The third kappa shape index (κ3) is 1.83. The topological polar surface area (TPSA) is 116 Å². The van der Waals surface area contributed by atoms with E-state index >= 15 is 0 Å². The monoisotopic (exact) mass is 193 g/mol. The van der Waals surface area contributed by atoms with Crippen LogP contribution in [0.3, 0.4) is 0 Å². The molecule has 6 nitrogen and oxygen atoms in total. The Morgan fingerprint density at radius 2 is 2.08 bits per heavy atom. The van der Waals surface area contributed by atoms with Crippen molar-refractivity contribution in [1.82, 2.24) is 0 Å². The van der Waals surface area contributed by atoms with Gasteiger partial charge in [0, 0.05) is 0 Å². The summed E-state index contributed by atoms with van der Waals surface area (Å²) in [7, 11) is 0. The number of hydrogen-bond acceptors (Lipinski definition) is 6. The SMILES string of the molecule is CC1(N)O[C@H]([C@H](O)CO)[C@H](O)C1O. The number of ether oxygens (including phenoxy) is 1. The van der Waals surface area contributed by atoms with Gasteiger partial charge in [0.05, 0.1) is 6.61 Å². The van der Waals surface area contributed by atoms with Crippen LogP contribution in [0.5, 0.6) is 0 Å². The Bertz CT molecular complexity index is 186. The van der Waals surface area contributed by atoms with Crippen molar-refractivity contribution in [3.8, 4) is 0 Å². The van der Waals surface area contributed by atoms with Gasteiger partial charge in [-0.05, 0) is 6.92 Å². The van der Waals surface area contributed by atoms with E-state index in [0.717, 1.165) is 0 Å². The first-order valence-electron chi connectivity index (χ1n) is 4.02. The van der Waals surface area contributed by atoms with E-state index in [-0.39, 0.29) is 0 Å². The molecule has 0 aromatic rings. The van der Waals surface area contributed by atoms with Crippen molar-refractivity contribution in [2.75, 3.05) is 6.61 Å². The maximum Gasteiger partial charge on any atom is 0.143 e. The van der Waals surface area contributed by atoms with Gasteiger partial charge in [-0.3, -0.25) is 0 Å². The molecule has 6 heteroatoms. The Morgan fingerprint density at radius 1 is 1.54 bits per heavy atom. The van der Waals surface area contributed by atoms with E-state index in [9.17, 15) is 15.3 Å². The molecule has 0 radical (unpaired) electrons. The molecule has 6 N–H and O–H groups in total. The van der Waals surface area contributed by atoms with Crippen molar-refractivity contribution in [2.24, 2.45) is 5.73 Å². The van der Waals surface area contributed by atoms with E-state index < -0.39 is 36.7 Å². The highest BCUT2D eigenvalue weighted by Crippen LogP contribution is 2.28. The first kappa shape index (κ1) is 10.8. The van der Waals surface area contributed by atoms with Crippen LogP contribution < -0.4 is 5.73 Å². The molecule has 1 aliphatic heterocycles. The molecule has 0 aliphatic carbocycles. The summed E-state index contributed by atoms with van der Waals surface area (Å²) in [6.45, 7) is 0.843. The molecule has 0 aromatic heterocycles. The number of aliphatic hydroxyl groups excluding tert-OH is 4. The summed E-state index contributed by atoms with van der Waals surface area (Å²) in [5.74, 6) is 0. The molecule has 0 saturated carbocycles. The maximum absolute atomic E-state index is 9.37. The van der Waals surface area contributed by atoms with Gasteiger partial charge in [0.25, 0.3) is 0 Å². The summed E-state index contributed by atoms with van der Waals surface area (Å²) in [5, 5.41) is 36.5. The minimum Gasteiger partial charge on any atom is -0.394 e. The molecule has 1 aliphatic rings. The van der Waals surface area contributed by atoms with Gasteiger partial charge < -0.3 is 30.9 Å². The van der Waals surface area contributed by atoms with E-state index in [1.54, 1.807) is 0 Å². The van der Waals surface area contributed by atoms with E-state index in [0.29, 0.717) is 0 Å². The summed E-state index contributed by atoms with van der Waals surface area (Å²) in [6.07, 6.45) is -4.83. The second-order valence-corrected chi connectivity index (χ2v) is 3.45. The van der Waals surface area contributed by atoms with E-state index in [2.05, 4.69) is 0 Å². The van der Waals surface area contributed by atoms with Gasteiger partial charge in [0.2, 0.25) is 0 Å². The minimum atomic E-state index is -1.39. The molecule has 1 rings (SSSR count). The van der Waals surface area contributed by atoms with Crippen molar-refractivity contribution < 1.29 is 25.2 Å². The van der Waals surface area contributed by atoms with Crippen molar-refractivity contribution in [1.29, 1.82) is 0 Å². The summed E-state index contributed by atoms with van der Waals surface area (Å²) < 4.78 is 4.99. The Labute approximate surface area is 75.6 Å². The zero-order chi connectivity index (χ0) is 10.2. The molecule has 0 amide bonds. The third-order valence-corrected chi connectivity index (χ3v) is 2.20. The van der Waals surface area contributed by atoms with Crippen LogP contribution in [0.4, 0.5) is 0 Å². The van der Waals surface area contributed by atoms with Gasteiger partial charge in [-0.25, -0.2) is 0 Å². The first-order valence-corrected chi connectivity index (χ1v) is 4.02. The van der Waals surface area contributed by atoms with Crippen LogP contribution in [-0.2, 0) is 4.74 Å². The van der Waals surface area contributed by atoms with Crippen LogP contribution in [0, 0.1) is 0 Å². The normalized spacial score (nSPS) is 48.0. The van der Waals surface area contributed by atoms with Crippen LogP contribution >= 0.6 is 0 Å². The Hall–Kier alpha value is -0.240. The zero-order valence-electron chi connectivity index (χ0n) is 7.29. The Morgan fingerprint density at radius 3 is 2.38 bits per heavy atom. The van der Waals surface area contributed by atoms with Crippen LogP contribution in [0.15, 0.2) is 0 Å². The van der Waals surface area contributed by atoms with Crippen LogP contribution in [0.25, 0.3) is 0 Å². The van der Waals surface area contributed by atoms with E-state index in [1.807, 2.05) is 0 Å². The predicted octanol–water partition coefficient (Wildman–Crippen LogP) is -2.86. The Balaban J connectivity index is 2.72. The highest BCUT2D eigenvalue weighted by Gasteiger charge is 2.51. The maximum atomic E-state index is 9.37. The fourth-order valence-electron chi connectivity index (χ4n) is 1.36. The second kappa shape index (κ2) is 3.49. The second-order valence-electron chi connectivity index (χ2n) is 3.45. The van der Waals surface area contributed by atoms with E-state index in [1.165, 1.54) is 6.92 Å². The highest BCUT2D eigenvalue weighted by molar-refractivity contribution is 4.98. The lowest BCUT2D eigenvalue weighted by Crippen LogP contribution is -2.48. The van der Waals surface area contributed by atoms with Crippen LogP contribution in [-0.4, -0.2) is 57.2 Å². The molecule has 1 fully saturated rings. The number of rotatable bonds is 2. The summed E-state index contributed by atoms with van der Waals surface area (Å²) in [5.41, 5.74) is 4.08. The molecule has 0 aromatic carbocycles. The molecule has 1 heterocycles. The average molecular weight is 193 g/mol. The number of hydrogen-bond donors (Lipinski definition) is 5. The highest BCUT2D eigenvalue weighted by atomic mass is 16.6. The Kier molecular flexibility index (Phi) is 2.91. The predicted molar refractivity (Wildman–Crippen MR) is 42.6 cm³/mol. The molecule has 0 bridgehead atoms. The van der Waals surface area contributed by atoms with Crippen molar-refractivity contribution in [3.05, 3.63) is 0 Å². The number of aliphatic hydroxyl groups is 4. The number of nitrogens with two attached hydrogens (primary N) is 1. The lowest BCUT2D eigenvalue weighted by molar-refractivity contribution is -0.111. The molecule has 13 heavy (non-hydrogen) atoms. The fourth-order valence-corrected chi connectivity index (χ4v) is 1.36. The van der Waals surface area contributed by atoms with Crippen molar-refractivity contribution in [2.45, 2.75) is 37.1 Å².